The summed E-state index contributed by atoms with van der Waals surface area (Å²) in [5, 5.41) is 10.5. The third-order valence-corrected chi connectivity index (χ3v) is 6.25. The highest BCUT2D eigenvalue weighted by molar-refractivity contribution is 6.32. The van der Waals surface area contributed by atoms with E-state index in [1.165, 1.54) is 0 Å². The molecule has 0 amide bonds. The van der Waals surface area contributed by atoms with Crippen molar-refractivity contribution in [1.82, 2.24) is 4.90 Å². The van der Waals surface area contributed by atoms with E-state index in [2.05, 4.69) is 21.9 Å². The summed E-state index contributed by atoms with van der Waals surface area (Å²) >= 11 is 12.8. The maximum absolute atomic E-state index is 9.23. The molecular weight excluding hydrogens is 417 g/mol. The van der Waals surface area contributed by atoms with E-state index in [9.17, 15) is 5.26 Å². The van der Waals surface area contributed by atoms with Crippen LogP contribution in [0.25, 0.3) is 0 Å². The Morgan fingerprint density at radius 2 is 1.97 bits per heavy atom. The molecule has 1 aliphatic rings. The predicted octanol–water partition coefficient (Wildman–Crippen LogP) is 6.05. The fourth-order valence-electron chi connectivity index (χ4n) is 4.02. The van der Waals surface area contributed by atoms with Crippen molar-refractivity contribution in [3.8, 4) is 6.07 Å². The van der Waals surface area contributed by atoms with E-state index in [1.807, 2.05) is 49.4 Å². The molecule has 154 valence electrons. The Hall–Kier alpha value is -2.45. The molecule has 30 heavy (non-hydrogen) atoms. The Morgan fingerprint density at radius 1 is 1.13 bits per heavy atom. The van der Waals surface area contributed by atoms with Gasteiger partial charge in [-0.15, -0.1) is 0 Å². The minimum Gasteiger partial charge on any atom is -0.465 e. The van der Waals surface area contributed by atoms with Gasteiger partial charge in [0.25, 0.3) is 0 Å². The van der Waals surface area contributed by atoms with Gasteiger partial charge < -0.3 is 9.32 Å². The molecule has 0 bridgehead atoms. The molecule has 3 aromatic rings. The van der Waals surface area contributed by atoms with Crippen LogP contribution in [0.3, 0.4) is 0 Å². The number of rotatable bonds is 6. The summed E-state index contributed by atoms with van der Waals surface area (Å²) in [4.78, 5) is 4.76. The molecule has 6 heteroatoms. The van der Waals surface area contributed by atoms with E-state index in [4.69, 9.17) is 27.6 Å². The first-order valence-corrected chi connectivity index (χ1v) is 10.8. The predicted molar refractivity (Wildman–Crippen MR) is 121 cm³/mol. The van der Waals surface area contributed by atoms with Crippen molar-refractivity contribution in [2.75, 3.05) is 18.0 Å². The van der Waals surface area contributed by atoms with E-state index < -0.39 is 0 Å². The van der Waals surface area contributed by atoms with Gasteiger partial charge in [0.2, 0.25) is 0 Å². The minimum absolute atomic E-state index is 0.307. The van der Waals surface area contributed by atoms with Gasteiger partial charge in [-0.05, 0) is 55.3 Å². The number of anilines is 1. The Bertz CT molecular complexity index is 1070. The molecule has 0 N–H and O–H groups in total. The second-order valence-electron chi connectivity index (χ2n) is 7.69. The summed E-state index contributed by atoms with van der Waals surface area (Å²) in [6.07, 6.45) is 1.03. The maximum atomic E-state index is 9.23. The first-order valence-electron chi connectivity index (χ1n) is 10.0. The highest BCUT2D eigenvalue weighted by Gasteiger charge is 2.29. The van der Waals surface area contributed by atoms with Crippen LogP contribution in [0.5, 0.6) is 0 Å². The summed E-state index contributed by atoms with van der Waals surface area (Å²) in [6, 6.07) is 20.1. The summed E-state index contributed by atoms with van der Waals surface area (Å²) in [5.41, 5.74) is 2.55. The molecule has 0 unspecified atom stereocenters. The largest absolute Gasteiger partial charge is 0.465 e. The van der Waals surface area contributed by atoms with Crippen molar-refractivity contribution in [1.29, 1.82) is 5.26 Å². The zero-order valence-electron chi connectivity index (χ0n) is 16.8. The van der Waals surface area contributed by atoms with E-state index in [-0.39, 0.29) is 0 Å². The number of furan rings is 1. The summed E-state index contributed by atoms with van der Waals surface area (Å²) < 4.78 is 5.76. The molecule has 0 aliphatic carbocycles. The van der Waals surface area contributed by atoms with Crippen LogP contribution in [-0.4, -0.2) is 24.0 Å². The Morgan fingerprint density at radius 3 is 2.67 bits per heavy atom. The summed E-state index contributed by atoms with van der Waals surface area (Å²) in [6.45, 7) is 5.37. The number of hydrogen-bond acceptors (Lipinski definition) is 4. The highest BCUT2D eigenvalue weighted by atomic mass is 35.5. The smallest absolute Gasteiger partial charge is 0.118 e. The normalized spacial score (nSPS) is 16.5. The number of hydrogen-bond donors (Lipinski definition) is 0. The van der Waals surface area contributed by atoms with Gasteiger partial charge in [-0.1, -0.05) is 41.4 Å². The van der Waals surface area contributed by atoms with Gasteiger partial charge in [0.1, 0.15) is 17.6 Å². The Kier molecular flexibility index (Phi) is 6.34. The second kappa shape index (κ2) is 9.14. The number of likely N-dealkylation sites (tertiary alicyclic amines) is 1. The first kappa shape index (κ1) is 20.8. The van der Waals surface area contributed by atoms with Crippen LogP contribution >= 0.6 is 23.2 Å². The zero-order chi connectivity index (χ0) is 21.1. The van der Waals surface area contributed by atoms with Gasteiger partial charge in [0, 0.05) is 36.4 Å². The van der Waals surface area contributed by atoms with Crippen molar-refractivity contribution in [3.05, 3.63) is 87.3 Å². The Labute approximate surface area is 187 Å². The molecule has 4 rings (SSSR count). The molecule has 4 nitrogen and oxygen atoms in total. The van der Waals surface area contributed by atoms with Crippen molar-refractivity contribution in [2.45, 2.75) is 32.5 Å². The standard InChI is InChI=1S/C24H23Cl2N3O/c1-17-6-9-22(30-17)16-28-11-10-21(15-28)29(14-19-4-2-3-5-23(19)25)20-8-7-18(13-27)24(26)12-20/h2-9,12,21H,10-11,14-16H2,1H3/t21-/m0/s1. The molecule has 0 spiro atoms. The van der Waals surface area contributed by atoms with Crippen molar-refractivity contribution >= 4 is 28.9 Å². The van der Waals surface area contributed by atoms with Crippen molar-refractivity contribution in [3.63, 3.8) is 0 Å². The summed E-state index contributed by atoms with van der Waals surface area (Å²) in [5.74, 6) is 1.93. The lowest BCUT2D eigenvalue weighted by atomic mass is 10.1. The number of benzene rings is 2. The van der Waals surface area contributed by atoms with Gasteiger partial charge in [-0.3, -0.25) is 4.90 Å². The lowest BCUT2D eigenvalue weighted by molar-refractivity contribution is 0.290. The SMILES string of the molecule is Cc1ccc(CN2CC[C@H](N(Cc3ccccc3Cl)c3ccc(C#N)c(Cl)c3)C2)o1. The quantitative estimate of drug-likeness (QED) is 0.468. The molecule has 1 aliphatic heterocycles. The zero-order valence-corrected chi connectivity index (χ0v) is 18.3. The molecule has 1 fully saturated rings. The van der Waals surface area contributed by atoms with E-state index in [0.717, 1.165) is 53.8 Å². The number of aryl methyl sites for hydroxylation is 1. The molecular formula is C24H23Cl2N3O. The van der Waals surface area contributed by atoms with Gasteiger partial charge in [0.15, 0.2) is 0 Å². The van der Waals surface area contributed by atoms with Crippen LogP contribution in [0.2, 0.25) is 10.0 Å². The van der Waals surface area contributed by atoms with Crippen LogP contribution in [-0.2, 0) is 13.1 Å². The fraction of sp³-hybridized carbons (Fsp3) is 0.292. The average Bonchev–Trinajstić information content (AvgIpc) is 3.36. The van der Waals surface area contributed by atoms with Crippen LogP contribution in [0.1, 0.15) is 29.1 Å². The van der Waals surface area contributed by atoms with Gasteiger partial charge >= 0.3 is 0 Å². The van der Waals surface area contributed by atoms with E-state index in [1.54, 1.807) is 6.07 Å². The van der Waals surface area contributed by atoms with E-state index >= 15 is 0 Å². The van der Waals surface area contributed by atoms with Crippen LogP contribution in [0, 0.1) is 18.3 Å². The molecule has 1 saturated heterocycles. The molecule has 1 aromatic heterocycles. The van der Waals surface area contributed by atoms with Crippen molar-refractivity contribution < 1.29 is 4.42 Å². The fourth-order valence-corrected chi connectivity index (χ4v) is 4.43. The highest BCUT2D eigenvalue weighted by Crippen LogP contribution is 2.31. The lowest BCUT2D eigenvalue weighted by Crippen LogP contribution is -2.37. The molecule has 2 aromatic carbocycles. The Balaban J connectivity index is 1.58. The molecule has 2 heterocycles. The minimum atomic E-state index is 0.307. The topological polar surface area (TPSA) is 43.4 Å². The maximum Gasteiger partial charge on any atom is 0.118 e. The average molecular weight is 440 g/mol. The van der Waals surface area contributed by atoms with Gasteiger partial charge in [0.05, 0.1) is 17.1 Å². The first-order chi connectivity index (χ1) is 14.5. The van der Waals surface area contributed by atoms with Crippen LogP contribution in [0.15, 0.2) is 59.0 Å². The second-order valence-corrected chi connectivity index (χ2v) is 8.50. The van der Waals surface area contributed by atoms with E-state index in [0.29, 0.717) is 23.2 Å². The van der Waals surface area contributed by atoms with Crippen LogP contribution in [0.4, 0.5) is 5.69 Å². The summed E-state index contributed by atoms with van der Waals surface area (Å²) in [7, 11) is 0. The molecule has 0 saturated carbocycles. The number of nitrogens with zero attached hydrogens (tertiary/aromatic N) is 3. The van der Waals surface area contributed by atoms with Gasteiger partial charge in [-0.25, -0.2) is 0 Å². The molecule has 1 atom stereocenters. The monoisotopic (exact) mass is 439 g/mol. The lowest BCUT2D eigenvalue weighted by Gasteiger charge is -2.32. The third kappa shape index (κ3) is 4.65. The van der Waals surface area contributed by atoms with Gasteiger partial charge in [-0.2, -0.15) is 5.26 Å². The number of halogens is 2. The van der Waals surface area contributed by atoms with Crippen LogP contribution < -0.4 is 4.90 Å². The third-order valence-electron chi connectivity index (χ3n) is 5.57. The van der Waals surface area contributed by atoms with Crippen molar-refractivity contribution in [2.24, 2.45) is 0 Å². The molecule has 0 radical (unpaired) electrons. The number of nitriles is 1.